The minimum Gasteiger partial charge on any atom is -0.497 e. The molecule has 4 aliphatic rings. The number of fused-ring (bicyclic) bond motifs is 3. The third-order valence-electron chi connectivity index (χ3n) is 9.99. The molecule has 0 unspecified atom stereocenters. The minimum absolute atomic E-state index is 0.0308. The summed E-state index contributed by atoms with van der Waals surface area (Å²) in [6.07, 6.45) is 6.49. The maximum atomic E-state index is 14.8. The Balaban J connectivity index is 1.35. The minimum atomic E-state index is -3.90. The highest BCUT2D eigenvalue weighted by atomic mass is 32.2. The molecule has 3 fully saturated rings. The van der Waals surface area contributed by atoms with Crippen molar-refractivity contribution in [2.45, 2.75) is 112 Å². The average Bonchev–Trinajstić information content (AvgIpc) is 4.00. The summed E-state index contributed by atoms with van der Waals surface area (Å²) >= 11 is 1.52. The van der Waals surface area contributed by atoms with Crippen LogP contribution >= 0.6 is 11.8 Å². The van der Waals surface area contributed by atoms with Gasteiger partial charge in [-0.15, -0.1) is 0 Å². The SMILES string of the molecule is COc1ccc2c(O[C@@H]3C[C@H]4C(=O)N[C@]5(C(=O)NS(=O)(=O)C6CC6)C[C@H]5C=CCCCSC(C)(C)[C@H](NC(=O)OC(C)(C)C)C(=O)N4C3)nccc2c1. The van der Waals surface area contributed by atoms with Crippen molar-refractivity contribution in [2.75, 3.05) is 19.4 Å². The number of pyridine rings is 1. The Morgan fingerprint density at radius 3 is 2.58 bits per heavy atom. The highest BCUT2D eigenvalue weighted by Crippen LogP contribution is 2.46. The number of nitrogens with zero attached hydrogens (tertiary/aromatic N) is 2. The number of carbonyl (C=O) groups excluding carboxylic acids is 4. The molecule has 1 saturated heterocycles. The number of methoxy groups -OCH3 is 1. The fourth-order valence-electron chi connectivity index (χ4n) is 6.85. The average molecular weight is 772 g/mol. The van der Waals surface area contributed by atoms with Gasteiger partial charge in [0, 0.05) is 28.7 Å². The Morgan fingerprint density at radius 1 is 1.13 bits per heavy atom. The highest BCUT2D eigenvalue weighted by Gasteiger charge is 2.62. The molecule has 2 aliphatic heterocycles. The lowest BCUT2D eigenvalue weighted by molar-refractivity contribution is -0.141. The lowest BCUT2D eigenvalue weighted by atomic mass is 10.0. The number of sulfonamides is 1. The van der Waals surface area contributed by atoms with E-state index in [1.54, 1.807) is 40.1 Å². The molecule has 1 aromatic carbocycles. The molecular formula is C37H49N5O9S2. The smallest absolute Gasteiger partial charge is 0.408 e. The van der Waals surface area contributed by atoms with Crippen LogP contribution in [-0.2, 0) is 29.1 Å². The second-order valence-corrected chi connectivity index (χ2v) is 19.4. The molecule has 16 heteroatoms. The van der Waals surface area contributed by atoms with Crippen LogP contribution in [0.4, 0.5) is 4.79 Å². The number of amides is 4. The maximum Gasteiger partial charge on any atom is 0.408 e. The second kappa shape index (κ2) is 14.6. The first-order chi connectivity index (χ1) is 24.9. The molecule has 53 heavy (non-hydrogen) atoms. The summed E-state index contributed by atoms with van der Waals surface area (Å²) in [7, 11) is -2.32. The molecule has 5 atom stereocenters. The molecule has 6 rings (SSSR count). The van der Waals surface area contributed by atoms with Crippen molar-refractivity contribution in [3.05, 3.63) is 42.6 Å². The Kier molecular flexibility index (Phi) is 10.7. The van der Waals surface area contributed by atoms with Crippen LogP contribution in [-0.4, -0.2) is 101 Å². The van der Waals surface area contributed by atoms with Crippen LogP contribution in [0.5, 0.6) is 11.6 Å². The van der Waals surface area contributed by atoms with Crippen molar-refractivity contribution in [3.8, 4) is 11.6 Å². The van der Waals surface area contributed by atoms with Crippen molar-refractivity contribution < 1.29 is 41.8 Å². The van der Waals surface area contributed by atoms with E-state index in [1.807, 2.05) is 44.2 Å². The van der Waals surface area contributed by atoms with Crippen LogP contribution in [0.15, 0.2) is 42.6 Å². The summed E-state index contributed by atoms with van der Waals surface area (Å²) in [6.45, 7) is 8.89. The van der Waals surface area contributed by atoms with Crippen LogP contribution in [0, 0.1) is 5.92 Å². The lowest BCUT2D eigenvalue weighted by Crippen LogP contribution is -2.61. The van der Waals surface area contributed by atoms with Gasteiger partial charge in [-0.05, 0) is 102 Å². The van der Waals surface area contributed by atoms with Gasteiger partial charge in [-0.2, -0.15) is 11.8 Å². The molecule has 0 spiro atoms. The summed E-state index contributed by atoms with van der Waals surface area (Å²) in [5, 5.41) is 6.58. The number of ether oxygens (including phenoxy) is 3. The predicted molar refractivity (Wildman–Crippen MR) is 200 cm³/mol. The number of aromatic nitrogens is 1. The first-order valence-corrected chi connectivity index (χ1v) is 20.5. The lowest BCUT2D eigenvalue weighted by Gasteiger charge is -2.37. The van der Waals surface area contributed by atoms with Gasteiger partial charge in [0.15, 0.2) is 0 Å². The van der Waals surface area contributed by atoms with Crippen LogP contribution in [0.1, 0.15) is 73.1 Å². The number of thioether (sulfide) groups is 1. The van der Waals surface area contributed by atoms with E-state index < -0.39 is 79.1 Å². The zero-order valence-corrected chi connectivity index (χ0v) is 32.6. The van der Waals surface area contributed by atoms with E-state index in [2.05, 4.69) is 20.3 Å². The Morgan fingerprint density at radius 2 is 1.89 bits per heavy atom. The quantitative estimate of drug-likeness (QED) is 0.348. The highest BCUT2D eigenvalue weighted by molar-refractivity contribution is 8.00. The molecule has 1 aromatic heterocycles. The topological polar surface area (TPSA) is 182 Å². The maximum absolute atomic E-state index is 14.8. The summed E-state index contributed by atoms with van der Waals surface area (Å²) in [4.78, 5) is 62.0. The number of carbonyl (C=O) groups is 4. The third-order valence-corrected chi connectivity index (χ3v) is 13.3. The summed E-state index contributed by atoms with van der Waals surface area (Å²) < 4.78 is 44.4. The molecule has 0 bridgehead atoms. The summed E-state index contributed by atoms with van der Waals surface area (Å²) in [5.74, 6) is -0.779. The van der Waals surface area contributed by atoms with Gasteiger partial charge in [-0.1, -0.05) is 12.2 Å². The third kappa shape index (κ3) is 8.69. The summed E-state index contributed by atoms with van der Waals surface area (Å²) in [6, 6.07) is 5.03. The number of benzene rings is 1. The van der Waals surface area contributed by atoms with E-state index >= 15 is 0 Å². The molecule has 2 aromatic rings. The van der Waals surface area contributed by atoms with Crippen LogP contribution in [0.25, 0.3) is 10.8 Å². The molecule has 3 N–H and O–H groups in total. The molecule has 14 nitrogen and oxygen atoms in total. The molecule has 2 aliphatic carbocycles. The van der Waals surface area contributed by atoms with Crippen molar-refractivity contribution in [2.24, 2.45) is 5.92 Å². The van der Waals surface area contributed by atoms with Crippen molar-refractivity contribution in [1.82, 2.24) is 25.2 Å². The van der Waals surface area contributed by atoms with Gasteiger partial charge in [-0.25, -0.2) is 18.2 Å². The molecular weight excluding hydrogens is 723 g/mol. The van der Waals surface area contributed by atoms with Gasteiger partial charge in [-0.3, -0.25) is 19.1 Å². The largest absolute Gasteiger partial charge is 0.497 e. The molecule has 4 amide bonds. The first-order valence-electron chi connectivity index (χ1n) is 18.0. The van der Waals surface area contributed by atoms with E-state index in [-0.39, 0.29) is 19.4 Å². The number of hydrogen-bond acceptors (Lipinski definition) is 11. The normalized spacial score (nSPS) is 27.7. The number of allylic oxidation sites excluding steroid dienone is 1. The fourth-order valence-corrected chi connectivity index (χ4v) is 9.38. The van der Waals surface area contributed by atoms with Crippen molar-refractivity contribution in [3.63, 3.8) is 0 Å². The fraction of sp³-hybridized carbons (Fsp3) is 0.595. The molecule has 3 heterocycles. The monoisotopic (exact) mass is 771 g/mol. The number of hydrogen-bond donors (Lipinski definition) is 3. The molecule has 2 saturated carbocycles. The van der Waals surface area contributed by atoms with E-state index in [1.165, 1.54) is 16.7 Å². The molecule has 288 valence electrons. The van der Waals surface area contributed by atoms with E-state index in [0.29, 0.717) is 42.0 Å². The Hall–Kier alpha value is -4.05. The zero-order chi connectivity index (χ0) is 38.3. The Labute approximate surface area is 314 Å². The van der Waals surface area contributed by atoms with E-state index in [4.69, 9.17) is 14.2 Å². The predicted octanol–water partition coefficient (Wildman–Crippen LogP) is 3.83. The van der Waals surface area contributed by atoms with E-state index in [9.17, 15) is 27.6 Å². The van der Waals surface area contributed by atoms with Crippen molar-refractivity contribution in [1.29, 1.82) is 0 Å². The van der Waals surface area contributed by atoms with Gasteiger partial charge in [0.2, 0.25) is 27.7 Å². The van der Waals surface area contributed by atoms with Gasteiger partial charge < -0.3 is 29.7 Å². The zero-order valence-electron chi connectivity index (χ0n) is 31.0. The Bertz CT molecular complexity index is 1910. The molecule has 0 radical (unpaired) electrons. The van der Waals surface area contributed by atoms with Gasteiger partial charge in [0.25, 0.3) is 5.91 Å². The van der Waals surface area contributed by atoms with Gasteiger partial charge in [0.05, 0.1) is 18.9 Å². The standard InChI is InChI=1S/C37H49N5O9S2/c1-35(2,3)51-34(46)39-29-32(44)42-21-25(50-31-27-14-11-24(49-6)18-22(27)15-16-38-31)19-28(42)30(43)40-37(33(45)41-53(47,48)26-12-13-26)20-23(37)10-8-7-9-17-52-36(29,4)5/h8,10-11,14-16,18,23,25-26,28-29H,7,9,12-13,17,19-21H2,1-6H3,(H,39,46)(H,40,43)(H,41,45)/t23-,25-,28+,29-,37-/m1/s1. The second-order valence-electron chi connectivity index (χ2n) is 15.7. The first kappa shape index (κ1) is 38.7. The van der Waals surface area contributed by atoms with Crippen LogP contribution < -0.4 is 24.8 Å². The van der Waals surface area contributed by atoms with E-state index in [0.717, 1.165) is 11.8 Å². The number of alkyl carbamates (subject to hydrolysis) is 1. The van der Waals surface area contributed by atoms with Crippen LogP contribution in [0.3, 0.4) is 0 Å². The van der Waals surface area contributed by atoms with Crippen LogP contribution in [0.2, 0.25) is 0 Å². The number of rotatable bonds is 7. The summed E-state index contributed by atoms with van der Waals surface area (Å²) in [5.41, 5.74) is -2.34. The van der Waals surface area contributed by atoms with Crippen molar-refractivity contribution >= 4 is 56.4 Å². The van der Waals surface area contributed by atoms with Gasteiger partial charge in [0.1, 0.15) is 35.1 Å². The number of nitrogens with one attached hydrogen (secondary N) is 3. The van der Waals surface area contributed by atoms with Gasteiger partial charge >= 0.3 is 6.09 Å².